The van der Waals surface area contributed by atoms with Gasteiger partial charge in [0.05, 0.1) is 6.10 Å². The third-order valence-corrected chi connectivity index (χ3v) is 3.72. The molecule has 5 heteroatoms. The van der Waals surface area contributed by atoms with Crippen molar-refractivity contribution in [2.24, 2.45) is 5.92 Å². The number of nitrogens with one attached hydrogen (secondary N) is 1. The van der Waals surface area contributed by atoms with Gasteiger partial charge < -0.3 is 15.2 Å². The Labute approximate surface area is 117 Å². The lowest BCUT2D eigenvalue weighted by molar-refractivity contribution is -0.131. The molecule has 0 spiro atoms. The Morgan fingerprint density at radius 1 is 1.58 bits per heavy atom. The number of ether oxygens (including phenoxy) is 1. The number of aliphatic hydroxyl groups excluding tert-OH is 1. The normalized spacial score (nSPS) is 24.2. The number of hydrogen-bond acceptors (Lipinski definition) is 3. The lowest BCUT2D eigenvalue weighted by Gasteiger charge is -2.17. The Balaban J connectivity index is 1.88. The van der Waals surface area contributed by atoms with Crippen LogP contribution in [0.25, 0.3) is 0 Å². The van der Waals surface area contributed by atoms with E-state index in [1.807, 2.05) is 6.92 Å². The molecule has 0 saturated carbocycles. The minimum absolute atomic E-state index is 0.134. The van der Waals surface area contributed by atoms with E-state index >= 15 is 0 Å². The first-order valence-corrected chi connectivity index (χ1v) is 6.79. The van der Waals surface area contributed by atoms with Crippen LogP contribution >= 0.6 is 11.6 Å². The Kier molecular flexibility index (Phi) is 4.80. The lowest BCUT2D eigenvalue weighted by atomic mass is 10.0. The fourth-order valence-corrected chi connectivity index (χ4v) is 2.45. The predicted octanol–water partition coefficient (Wildman–Crippen LogP) is 1.91. The first-order chi connectivity index (χ1) is 9.09. The second-order valence-electron chi connectivity index (χ2n) is 4.84. The molecule has 1 aliphatic heterocycles. The zero-order valence-electron chi connectivity index (χ0n) is 10.8. The van der Waals surface area contributed by atoms with Crippen molar-refractivity contribution in [3.05, 3.63) is 34.9 Å². The van der Waals surface area contributed by atoms with Crippen LogP contribution in [0.1, 0.15) is 25.0 Å². The van der Waals surface area contributed by atoms with Crippen LogP contribution in [-0.2, 0) is 9.53 Å². The minimum atomic E-state index is -0.811. The number of carbonyl (C=O) groups excluding carboxylic acids is 1. The van der Waals surface area contributed by atoms with Gasteiger partial charge in [0.15, 0.2) is 0 Å². The quantitative estimate of drug-likeness (QED) is 0.887. The molecule has 1 aromatic carbocycles. The van der Waals surface area contributed by atoms with Crippen molar-refractivity contribution in [3.63, 3.8) is 0 Å². The van der Waals surface area contributed by atoms with Crippen molar-refractivity contribution in [1.82, 2.24) is 5.32 Å². The first-order valence-electron chi connectivity index (χ1n) is 6.41. The molecule has 19 heavy (non-hydrogen) atoms. The summed E-state index contributed by atoms with van der Waals surface area (Å²) in [4.78, 5) is 11.9. The van der Waals surface area contributed by atoms with E-state index in [1.165, 1.54) is 0 Å². The van der Waals surface area contributed by atoms with E-state index in [-0.39, 0.29) is 18.4 Å². The molecule has 4 nitrogen and oxygen atoms in total. The van der Waals surface area contributed by atoms with Crippen LogP contribution in [0.3, 0.4) is 0 Å². The SMILES string of the molecule is CC1CCOC1C(=O)NCC(O)c1ccccc1Cl. The third kappa shape index (κ3) is 3.47. The van der Waals surface area contributed by atoms with E-state index in [9.17, 15) is 9.90 Å². The highest BCUT2D eigenvalue weighted by atomic mass is 35.5. The molecule has 3 unspecified atom stereocenters. The predicted molar refractivity (Wildman–Crippen MR) is 72.9 cm³/mol. The summed E-state index contributed by atoms with van der Waals surface area (Å²) < 4.78 is 5.37. The fraction of sp³-hybridized carbons (Fsp3) is 0.500. The fourth-order valence-electron chi connectivity index (χ4n) is 2.18. The maximum absolute atomic E-state index is 11.9. The van der Waals surface area contributed by atoms with E-state index in [0.29, 0.717) is 17.2 Å². The highest BCUT2D eigenvalue weighted by molar-refractivity contribution is 6.31. The summed E-state index contributed by atoms with van der Waals surface area (Å²) in [5.41, 5.74) is 0.616. The minimum Gasteiger partial charge on any atom is -0.387 e. The van der Waals surface area contributed by atoms with Crippen molar-refractivity contribution in [1.29, 1.82) is 0 Å². The molecular formula is C14H18ClNO3. The number of aliphatic hydroxyl groups is 1. The van der Waals surface area contributed by atoms with E-state index in [0.717, 1.165) is 6.42 Å². The molecular weight excluding hydrogens is 266 g/mol. The zero-order chi connectivity index (χ0) is 13.8. The Hall–Kier alpha value is -1.10. The summed E-state index contributed by atoms with van der Waals surface area (Å²) in [7, 11) is 0. The van der Waals surface area contributed by atoms with Gasteiger partial charge in [0, 0.05) is 23.7 Å². The Morgan fingerprint density at radius 2 is 2.32 bits per heavy atom. The summed E-state index contributed by atoms with van der Waals surface area (Å²) in [5, 5.41) is 13.2. The molecule has 1 amide bonds. The van der Waals surface area contributed by atoms with E-state index in [1.54, 1.807) is 24.3 Å². The highest BCUT2D eigenvalue weighted by Crippen LogP contribution is 2.23. The van der Waals surface area contributed by atoms with Gasteiger partial charge in [0.2, 0.25) is 5.91 Å². The summed E-state index contributed by atoms with van der Waals surface area (Å²) >= 11 is 5.99. The molecule has 3 atom stereocenters. The van der Waals surface area contributed by atoms with Crippen molar-refractivity contribution >= 4 is 17.5 Å². The molecule has 1 aromatic rings. The average molecular weight is 284 g/mol. The van der Waals surface area contributed by atoms with Gasteiger partial charge in [-0.05, 0) is 18.4 Å². The van der Waals surface area contributed by atoms with Gasteiger partial charge in [-0.25, -0.2) is 0 Å². The standard InChI is InChI=1S/C14H18ClNO3/c1-9-6-7-19-13(9)14(18)16-8-12(17)10-4-2-3-5-11(10)15/h2-5,9,12-13,17H,6-8H2,1H3,(H,16,18). The molecule has 1 fully saturated rings. The van der Waals surface area contributed by atoms with Crippen LogP contribution in [0, 0.1) is 5.92 Å². The largest absolute Gasteiger partial charge is 0.387 e. The van der Waals surface area contributed by atoms with Crippen LogP contribution in [0.15, 0.2) is 24.3 Å². The number of benzene rings is 1. The monoisotopic (exact) mass is 283 g/mol. The van der Waals surface area contributed by atoms with Crippen LogP contribution in [0.5, 0.6) is 0 Å². The lowest BCUT2D eigenvalue weighted by Crippen LogP contribution is -2.39. The highest BCUT2D eigenvalue weighted by Gasteiger charge is 2.30. The van der Waals surface area contributed by atoms with Gasteiger partial charge >= 0.3 is 0 Å². The van der Waals surface area contributed by atoms with Crippen molar-refractivity contribution in [3.8, 4) is 0 Å². The topological polar surface area (TPSA) is 58.6 Å². The van der Waals surface area contributed by atoms with Gasteiger partial charge in [0.1, 0.15) is 6.10 Å². The van der Waals surface area contributed by atoms with Gasteiger partial charge in [0.25, 0.3) is 0 Å². The van der Waals surface area contributed by atoms with Gasteiger partial charge in [-0.1, -0.05) is 36.7 Å². The molecule has 1 heterocycles. The number of hydrogen-bond donors (Lipinski definition) is 2. The third-order valence-electron chi connectivity index (χ3n) is 3.38. The smallest absolute Gasteiger partial charge is 0.249 e. The van der Waals surface area contributed by atoms with E-state index < -0.39 is 12.2 Å². The Bertz CT molecular complexity index is 452. The molecule has 104 valence electrons. The Morgan fingerprint density at radius 3 is 2.95 bits per heavy atom. The van der Waals surface area contributed by atoms with Crippen LogP contribution in [0.4, 0.5) is 0 Å². The van der Waals surface area contributed by atoms with Crippen molar-refractivity contribution in [2.75, 3.05) is 13.2 Å². The van der Waals surface area contributed by atoms with Crippen molar-refractivity contribution in [2.45, 2.75) is 25.6 Å². The number of amides is 1. The zero-order valence-corrected chi connectivity index (χ0v) is 11.6. The molecule has 2 N–H and O–H groups in total. The molecule has 1 aliphatic rings. The summed E-state index contributed by atoms with van der Waals surface area (Å²) in [6.45, 7) is 2.74. The molecule has 0 radical (unpaired) electrons. The van der Waals surface area contributed by atoms with Crippen LogP contribution < -0.4 is 5.32 Å². The second kappa shape index (κ2) is 6.37. The number of rotatable bonds is 4. The summed E-state index contributed by atoms with van der Waals surface area (Å²) in [6, 6.07) is 7.05. The molecule has 0 bridgehead atoms. The average Bonchev–Trinajstić information content (AvgIpc) is 2.82. The van der Waals surface area contributed by atoms with Gasteiger partial charge in [-0.2, -0.15) is 0 Å². The van der Waals surface area contributed by atoms with E-state index in [4.69, 9.17) is 16.3 Å². The van der Waals surface area contributed by atoms with Crippen LogP contribution in [-0.4, -0.2) is 30.3 Å². The number of halogens is 1. The molecule has 1 saturated heterocycles. The molecule has 0 aromatic heterocycles. The number of carbonyl (C=O) groups is 1. The van der Waals surface area contributed by atoms with E-state index in [2.05, 4.69) is 5.32 Å². The maximum atomic E-state index is 11.9. The maximum Gasteiger partial charge on any atom is 0.249 e. The van der Waals surface area contributed by atoms with Crippen molar-refractivity contribution < 1.29 is 14.6 Å². The van der Waals surface area contributed by atoms with Crippen LogP contribution in [0.2, 0.25) is 5.02 Å². The second-order valence-corrected chi connectivity index (χ2v) is 5.25. The summed E-state index contributed by atoms with van der Waals surface area (Å²) in [6.07, 6.45) is -0.321. The molecule has 2 rings (SSSR count). The first kappa shape index (κ1) is 14.3. The van der Waals surface area contributed by atoms with Gasteiger partial charge in [-0.3, -0.25) is 4.79 Å². The molecule has 0 aliphatic carbocycles. The summed E-state index contributed by atoms with van der Waals surface area (Å²) in [5.74, 6) is 0.0496. The van der Waals surface area contributed by atoms with Gasteiger partial charge in [-0.15, -0.1) is 0 Å².